The molecule has 0 saturated carbocycles. The molecule has 5 heteroatoms. The minimum atomic E-state index is -0.677. The van der Waals surface area contributed by atoms with Gasteiger partial charge in [0.2, 0.25) is 0 Å². The Morgan fingerprint density at radius 2 is 1.83 bits per heavy atom. The lowest BCUT2D eigenvalue weighted by molar-refractivity contribution is 0.00654. The van der Waals surface area contributed by atoms with Gasteiger partial charge in [-0.3, -0.25) is 0 Å². The largest absolute Gasteiger partial charge is 0.456 e. The van der Waals surface area contributed by atoms with Crippen LogP contribution < -0.4 is 10.5 Å². The van der Waals surface area contributed by atoms with Gasteiger partial charge in [0, 0.05) is 30.2 Å². The molecule has 2 aromatic rings. The number of ether oxygens (including phenoxy) is 1. The number of hydrogen-bond acceptors (Lipinski definition) is 5. The number of benzene rings is 1. The van der Waals surface area contributed by atoms with Crippen molar-refractivity contribution >= 4 is 22.6 Å². The Balaban J connectivity index is 2.45. The molecule has 0 spiro atoms. The van der Waals surface area contributed by atoms with Crippen LogP contribution in [0.4, 0.5) is 5.69 Å². The first-order chi connectivity index (χ1) is 10.7. The maximum atomic E-state index is 12.1. The lowest BCUT2D eigenvalue weighted by atomic mass is 10.1. The maximum absolute atomic E-state index is 12.1. The highest BCUT2D eigenvalue weighted by molar-refractivity contribution is 5.93. The molecule has 0 saturated heterocycles. The van der Waals surface area contributed by atoms with Crippen LogP contribution in [0, 0.1) is 0 Å². The van der Waals surface area contributed by atoms with Gasteiger partial charge < -0.3 is 14.1 Å². The van der Waals surface area contributed by atoms with E-state index < -0.39 is 17.2 Å². The average Bonchev–Trinajstić information content (AvgIpc) is 2.45. The Bertz CT molecular complexity index is 767. The van der Waals surface area contributed by atoms with Crippen LogP contribution in [-0.2, 0) is 4.74 Å². The van der Waals surface area contributed by atoms with E-state index in [9.17, 15) is 9.59 Å². The van der Waals surface area contributed by atoms with Gasteiger partial charge in [0.25, 0.3) is 0 Å². The quantitative estimate of drug-likeness (QED) is 0.637. The van der Waals surface area contributed by atoms with Gasteiger partial charge in [-0.15, -0.1) is 0 Å². The predicted molar refractivity (Wildman–Crippen MR) is 91.2 cm³/mol. The highest BCUT2D eigenvalue weighted by Gasteiger charge is 2.21. The molecule has 0 atom stereocenters. The van der Waals surface area contributed by atoms with Crippen molar-refractivity contribution in [3.05, 3.63) is 40.2 Å². The Morgan fingerprint density at radius 3 is 2.39 bits per heavy atom. The normalized spacial score (nSPS) is 11.5. The number of carbonyl (C=O) groups excluding carboxylic acids is 1. The van der Waals surface area contributed by atoms with Crippen LogP contribution in [0.5, 0.6) is 0 Å². The van der Waals surface area contributed by atoms with Crippen molar-refractivity contribution in [2.24, 2.45) is 0 Å². The molecule has 124 valence electrons. The van der Waals surface area contributed by atoms with Gasteiger partial charge in [0.05, 0.1) is 0 Å². The third-order valence-electron chi connectivity index (χ3n) is 3.47. The molecule has 0 aliphatic carbocycles. The molecular weight excluding hydrogens is 294 g/mol. The van der Waals surface area contributed by atoms with E-state index in [0.717, 1.165) is 18.8 Å². The number of esters is 1. The summed E-state index contributed by atoms with van der Waals surface area (Å²) in [7, 11) is 0. The third kappa shape index (κ3) is 3.92. The van der Waals surface area contributed by atoms with Crippen LogP contribution in [0.25, 0.3) is 11.0 Å². The van der Waals surface area contributed by atoms with Crippen molar-refractivity contribution in [3.8, 4) is 0 Å². The average molecular weight is 317 g/mol. The monoisotopic (exact) mass is 317 g/mol. The highest BCUT2D eigenvalue weighted by Crippen LogP contribution is 2.22. The maximum Gasteiger partial charge on any atom is 0.351 e. The zero-order chi connectivity index (χ0) is 17.2. The molecule has 0 fully saturated rings. The minimum absolute atomic E-state index is 0.0805. The summed E-state index contributed by atoms with van der Waals surface area (Å²) >= 11 is 0. The minimum Gasteiger partial charge on any atom is -0.456 e. The lowest BCUT2D eigenvalue weighted by Crippen LogP contribution is -2.27. The van der Waals surface area contributed by atoms with E-state index in [1.165, 1.54) is 6.07 Å². The van der Waals surface area contributed by atoms with E-state index in [-0.39, 0.29) is 5.56 Å². The molecule has 0 amide bonds. The molecule has 1 aromatic heterocycles. The second-order valence-corrected chi connectivity index (χ2v) is 6.34. The molecule has 0 bridgehead atoms. The summed E-state index contributed by atoms with van der Waals surface area (Å²) in [6.07, 6.45) is 0. The van der Waals surface area contributed by atoms with Crippen LogP contribution in [0.3, 0.4) is 0 Å². The standard InChI is InChI=1S/C18H23NO4/c1-6-19(7-2)13-9-8-12-10-14(16(20)22-15(12)11-13)17(21)23-18(3,4)5/h8-11H,6-7H2,1-5H3. The summed E-state index contributed by atoms with van der Waals surface area (Å²) in [6.45, 7) is 11.1. The first-order valence-electron chi connectivity index (χ1n) is 7.81. The van der Waals surface area contributed by atoms with Gasteiger partial charge in [-0.25, -0.2) is 9.59 Å². The Hall–Kier alpha value is -2.30. The van der Waals surface area contributed by atoms with Crippen molar-refractivity contribution in [2.75, 3.05) is 18.0 Å². The van der Waals surface area contributed by atoms with Gasteiger partial charge in [-0.2, -0.15) is 0 Å². The van der Waals surface area contributed by atoms with Gasteiger partial charge in [0.15, 0.2) is 0 Å². The van der Waals surface area contributed by atoms with E-state index in [2.05, 4.69) is 18.7 Å². The summed E-state index contributed by atoms with van der Waals surface area (Å²) in [6, 6.07) is 7.15. The van der Waals surface area contributed by atoms with E-state index in [1.807, 2.05) is 18.2 Å². The van der Waals surface area contributed by atoms with Crippen LogP contribution in [-0.4, -0.2) is 24.7 Å². The first-order valence-corrected chi connectivity index (χ1v) is 7.81. The van der Waals surface area contributed by atoms with E-state index in [1.54, 1.807) is 20.8 Å². The summed E-state index contributed by atoms with van der Waals surface area (Å²) < 4.78 is 10.6. The Morgan fingerprint density at radius 1 is 1.17 bits per heavy atom. The van der Waals surface area contributed by atoms with Crippen LogP contribution in [0.15, 0.2) is 33.5 Å². The summed E-state index contributed by atoms with van der Waals surface area (Å²) in [5.74, 6) is -0.666. The summed E-state index contributed by atoms with van der Waals surface area (Å²) in [4.78, 5) is 26.4. The fourth-order valence-corrected chi connectivity index (χ4v) is 2.36. The smallest absolute Gasteiger partial charge is 0.351 e. The molecule has 0 radical (unpaired) electrons. The van der Waals surface area contributed by atoms with E-state index >= 15 is 0 Å². The molecule has 23 heavy (non-hydrogen) atoms. The zero-order valence-corrected chi connectivity index (χ0v) is 14.3. The molecular formula is C18H23NO4. The molecule has 0 N–H and O–H groups in total. The molecule has 0 aliphatic heterocycles. The molecule has 5 nitrogen and oxygen atoms in total. The van der Waals surface area contributed by atoms with Gasteiger partial charge in [0.1, 0.15) is 16.7 Å². The second kappa shape index (κ2) is 6.44. The number of fused-ring (bicyclic) bond motifs is 1. The van der Waals surface area contributed by atoms with Crippen molar-refractivity contribution < 1.29 is 13.9 Å². The van der Waals surface area contributed by atoms with Gasteiger partial charge in [-0.05, 0) is 52.8 Å². The number of hydrogen-bond donors (Lipinski definition) is 0. The number of nitrogens with zero attached hydrogens (tertiary/aromatic N) is 1. The zero-order valence-electron chi connectivity index (χ0n) is 14.3. The van der Waals surface area contributed by atoms with Gasteiger partial charge in [-0.1, -0.05) is 0 Å². The molecule has 0 unspecified atom stereocenters. The molecule has 1 heterocycles. The SMILES string of the molecule is CCN(CC)c1ccc2cc(C(=O)OC(C)(C)C)c(=O)oc2c1. The Labute approximate surface area is 135 Å². The molecule has 2 rings (SSSR count). The Kier molecular flexibility index (Phi) is 4.78. The highest BCUT2D eigenvalue weighted by atomic mass is 16.6. The van der Waals surface area contributed by atoms with Crippen LogP contribution in [0.1, 0.15) is 45.0 Å². The van der Waals surface area contributed by atoms with E-state index in [4.69, 9.17) is 9.15 Å². The fourth-order valence-electron chi connectivity index (χ4n) is 2.36. The van der Waals surface area contributed by atoms with Gasteiger partial charge >= 0.3 is 11.6 Å². The van der Waals surface area contributed by atoms with Crippen molar-refractivity contribution in [3.63, 3.8) is 0 Å². The lowest BCUT2D eigenvalue weighted by Gasteiger charge is -2.21. The van der Waals surface area contributed by atoms with Crippen molar-refractivity contribution in [2.45, 2.75) is 40.2 Å². The molecule has 1 aromatic carbocycles. The molecule has 0 aliphatic rings. The van der Waals surface area contributed by atoms with E-state index in [0.29, 0.717) is 11.0 Å². The fraction of sp³-hybridized carbons (Fsp3) is 0.444. The number of rotatable bonds is 4. The second-order valence-electron chi connectivity index (χ2n) is 6.34. The number of anilines is 1. The van der Waals surface area contributed by atoms with Crippen molar-refractivity contribution in [1.82, 2.24) is 0 Å². The predicted octanol–water partition coefficient (Wildman–Crippen LogP) is 3.59. The van der Waals surface area contributed by atoms with Crippen LogP contribution >= 0.6 is 0 Å². The summed E-state index contributed by atoms with van der Waals surface area (Å²) in [5, 5.41) is 0.696. The first kappa shape index (κ1) is 17.1. The topological polar surface area (TPSA) is 59.8 Å². The van der Waals surface area contributed by atoms with Crippen LogP contribution in [0.2, 0.25) is 0 Å². The third-order valence-corrected chi connectivity index (χ3v) is 3.47. The summed E-state index contributed by atoms with van der Waals surface area (Å²) in [5.41, 5.74) is 0.0271. The van der Waals surface area contributed by atoms with Crippen molar-refractivity contribution in [1.29, 1.82) is 0 Å². The number of carbonyl (C=O) groups is 1.